The van der Waals surface area contributed by atoms with E-state index in [0.29, 0.717) is 17.2 Å². The summed E-state index contributed by atoms with van der Waals surface area (Å²) in [4.78, 5) is 4.26. The monoisotopic (exact) mass is 438 g/mol. The van der Waals surface area contributed by atoms with E-state index < -0.39 is 0 Å². The Labute approximate surface area is 154 Å². The second kappa shape index (κ2) is 9.00. The predicted molar refractivity (Wildman–Crippen MR) is 104 cm³/mol. The quantitative estimate of drug-likeness (QED) is 0.420. The maximum Gasteiger partial charge on any atom is 0.191 e. The fourth-order valence-corrected chi connectivity index (χ4v) is 3.57. The van der Waals surface area contributed by atoms with Crippen molar-refractivity contribution in [2.45, 2.75) is 50.8 Å². The van der Waals surface area contributed by atoms with Gasteiger partial charge in [0, 0.05) is 24.4 Å². The van der Waals surface area contributed by atoms with Crippen LogP contribution in [0, 0.1) is 0 Å². The van der Waals surface area contributed by atoms with Crippen LogP contribution in [0.15, 0.2) is 15.6 Å². The van der Waals surface area contributed by atoms with Crippen LogP contribution >= 0.6 is 35.7 Å². The molecule has 0 radical (unpaired) electrons. The highest BCUT2D eigenvalue weighted by Gasteiger charge is 2.29. The third-order valence-corrected chi connectivity index (χ3v) is 5.29. The van der Waals surface area contributed by atoms with Gasteiger partial charge in [-0.25, -0.2) is 0 Å². The third kappa shape index (κ3) is 5.64. The van der Waals surface area contributed by atoms with Crippen LogP contribution in [-0.2, 0) is 6.54 Å². The van der Waals surface area contributed by atoms with Crippen molar-refractivity contribution in [3.05, 3.63) is 17.5 Å². The maximum atomic E-state index is 5.32. The molecule has 0 aromatic carbocycles. The summed E-state index contributed by atoms with van der Waals surface area (Å²) in [7, 11) is 1.79. The predicted octanol–water partition coefficient (Wildman–Crippen LogP) is 3.37. The molecular formula is C15H27IN4OS. The molecule has 2 heterocycles. The standard InChI is InChI=1S/C15H26N4OS.HI/c1-11(2)13-8-12(20-19-13)9-17-14(16-4)18-10-15(3)6-5-7-21-15;/h8,11H,5-7,9-10H2,1-4H3,(H2,16,17,18);1H. The third-order valence-electron chi connectivity index (χ3n) is 3.75. The Balaban J connectivity index is 0.00000242. The molecule has 22 heavy (non-hydrogen) atoms. The molecule has 126 valence electrons. The van der Waals surface area contributed by atoms with E-state index in [1.807, 2.05) is 17.8 Å². The number of nitrogens with zero attached hydrogens (tertiary/aromatic N) is 2. The van der Waals surface area contributed by atoms with Crippen molar-refractivity contribution in [2.75, 3.05) is 19.3 Å². The molecule has 0 aliphatic carbocycles. The average molecular weight is 438 g/mol. The topological polar surface area (TPSA) is 62.5 Å². The van der Waals surface area contributed by atoms with Crippen molar-refractivity contribution in [1.29, 1.82) is 0 Å². The van der Waals surface area contributed by atoms with Crippen molar-refractivity contribution in [3.63, 3.8) is 0 Å². The van der Waals surface area contributed by atoms with Crippen LogP contribution in [0.2, 0.25) is 0 Å². The molecule has 1 unspecified atom stereocenters. The minimum absolute atomic E-state index is 0. The number of aromatic nitrogens is 1. The summed E-state index contributed by atoms with van der Waals surface area (Å²) in [6.07, 6.45) is 2.58. The van der Waals surface area contributed by atoms with Gasteiger partial charge in [-0.15, -0.1) is 24.0 Å². The summed E-state index contributed by atoms with van der Waals surface area (Å²) in [5.74, 6) is 3.30. The van der Waals surface area contributed by atoms with Gasteiger partial charge in [0.1, 0.15) is 0 Å². The first-order chi connectivity index (χ1) is 10.0. The molecule has 2 rings (SSSR count). The number of aliphatic imine (C=N–C) groups is 1. The minimum atomic E-state index is 0. The van der Waals surface area contributed by atoms with Gasteiger partial charge in [-0.3, -0.25) is 4.99 Å². The maximum absolute atomic E-state index is 5.32. The molecule has 1 atom stereocenters. The Kier molecular flexibility index (Phi) is 8.02. The highest BCUT2D eigenvalue weighted by molar-refractivity contribution is 14.0. The van der Waals surface area contributed by atoms with E-state index in [-0.39, 0.29) is 24.0 Å². The molecule has 7 heteroatoms. The van der Waals surface area contributed by atoms with Gasteiger partial charge in [-0.2, -0.15) is 11.8 Å². The summed E-state index contributed by atoms with van der Waals surface area (Å²) < 4.78 is 5.65. The van der Waals surface area contributed by atoms with Gasteiger partial charge in [-0.1, -0.05) is 19.0 Å². The molecule has 0 amide bonds. The van der Waals surface area contributed by atoms with Gasteiger partial charge in [0.15, 0.2) is 11.7 Å². The van der Waals surface area contributed by atoms with Crippen LogP contribution in [0.1, 0.15) is 51.0 Å². The van der Waals surface area contributed by atoms with Crippen molar-refractivity contribution in [2.24, 2.45) is 4.99 Å². The van der Waals surface area contributed by atoms with Crippen LogP contribution < -0.4 is 10.6 Å². The lowest BCUT2D eigenvalue weighted by molar-refractivity contribution is 0.372. The lowest BCUT2D eigenvalue weighted by atomic mass is 10.1. The Hall–Kier alpha value is -0.440. The first-order valence-corrected chi connectivity index (χ1v) is 8.55. The molecular weight excluding hydrogens is 411 g/mol. The lowest BCUT2D eigenvalue weighted by Gasteiger charge is -2.24. The van der Waals surface area contributed by atoms with E-state index in [0.717, 1.165) is 24.0 Å². The zero-order valence-corrected chi connectivity index (χ0v) is 17.0. The summed E-state index contributed by atoms with van der Waals surface area (Å²) in [6, 6.07) is 2.00. The highest BCUT2D eigenvalue weighted by Crippen LogP contribution is 2.36. The van der Waals surface area contributed by atoms with E-state index in [1.54, 1.807) is 7.05 Å². The Bertz CT molecular complexity index is 484. The normalized spacial score (nSPS) is 21.8. The molecule has 0 bridgehead atoms. The summed E-state index contributed by atoms with van der Waals surface area (Å²) in [6.45, 7) is 8.07. The fraction of sp³-hybridized carbons (Fsp3) is 0.733. The number of hydrogen-bond donors (Lipinski definition) is 2. The first kappa shape index (κ1) is 19.6. The van der Waals surface area contributed by atoms with Crippen molar-refractivity contribution in [1.82, 2.24) is 15.8 Å². The lowest BCUT2D eigenvalue weighted by Crippen LogP contribution is -2.43. The molecule has 0 saturated carbocycles. The molecule has 1 saturated heterocycles. The Morgan fingerprint density at radius 1 is 1.50 bits per heavy atom. The molecule has 0 spiro atoms. The molecule has 2 N–H and O–H groups in total. The minimum Gasteiger partial charge on any atom is -0.359 e. The number of nitrogens with one attached hydrogen (secondary N) is 2. The Morgan fingerprint density at radius 2 is 2.27 bits per heavy atom. The van der Waals surface area contributed by atoms with Gasteiger partial charge < -0.3 is 15.2 Å². The van der Waals surface area contributed by atoms with E-state index in [9.17, 15) is 0 Å². The van der Waals surface area contributed by atoms with Crippen LogP contribution in [-0.4, -0.2) is 35.2 Å². The van der Waals surface area contributed by atoms with Gasteiger partial charge in [-0.05, 0) is 31.4 Å². The molecule has 1 aliphatic heterocycles. The number of thioether (sulfide) groups is 1. The van der Waals surface area contributed by atoms with Gasteiger partial charge in [0.25, 0.3) is 0 Å². The van der Waals surface area contributed by atoms with Gasteiger partial charge in [0.05, 0.1) is 12.2 Å². The molecule has 1 aromatic rings. The van der Waals surface area contributed by atoms with Gasteiger partial charge in [0.2, 0.25) is 0 Å². The van der Waals surface area contributed by atoms with E-state index in [2.05, 4.69) is 41.6 Å². The van der Waals surface area contributed by atoms with Crippen LogP contribution in [0.3, 0.4) is 0 Å². The van der Waals surface area contributed by atoms with Crippen molar-refractivity contribution < 1.29 is 4.52 Å². The zero-order valence-electron chi connectivity index (χ0n) is 13.8. The number of hydrogen-bond acceptors (Lipinski definition) is 4. The van der Waals surface area contributed by atoms with Crippen molar-refractivity contribution >= 4 is 41.7 Å². The SMILES string of the molecule is CN=C(NCc1cc(C(C)C)no1)NCC1(C)CCCS1.I. The molecule has 5 nitrogen and oxygen atoms in total. The molecule has 1 aliphatic rings. The van der Waals surface area contributed by atoms with Crippen LogP contribution in [0.4, 0.5) is 0 Å². The van der Waals surface area contributed by atoms with Crippen LogP contribution in [0.5, 0.6) is 0 Å². The van der Waals surface area contributed by atoms with Crippen molar-refractivity contribution in [3.8, 4) is 0 Å². The summed E-state index contributed by atoms with van der Waals surface area (Å²) in [5, 5.41) is 10.7. The molecule has 1 fully saturated rings. The number of guanidine groups is 1. The Morgan fingerprint density at radius 3 is 2.82 bits per heavy atom. The highest BCUT2D eigenvalue weighted by atomic mass is 127. The first-order valence-electron chi connectivity index (χ1n) is 7.56. The van der Waals surface area contributed by atoms with E-state index >= 15 is 0 Å². The van der Waals surface area contributed by atoms with E-state index in [1.165, 1.54) is 18.6 Å². The smallest absolute Gasteiger partial charge is 0.191 e. The average Bonchev–Trinajstić information content (AvgIpc) is 3.08. The fourth-order valence-electron chi connectivity index (χ4n) is 2.32. The molecule has 1 aromatic heterocycles. The summed E-state index contributed by atoms with van der Waals surface area (Å²) >= 11 is 2.04. The number of rotatable bonds is 5. The zero-order chi connectivity index (χ0) is 15.3. The van der Waals surface area contributed by atoms with E-state index in [4.69, 9.17) is 4.52 Å². The largest absolute Gasteiger partial charge is 0.359 e. The van der Waals surface area contributed by atoms with Gasteiger partial charge >= 0.3 is 0 Å². The second-order valence-corrected chi connectivity index (χ2v) is 7.74. The van der Waals surface area contributed by atoms with Crippen LogP contribution in [0.25, 0.3) is 0 Å². The number of halogens is 1. The second-order valence-electron chi connectivity index (χ2n) is 6.05. The summed E-state index contributed by atoms with van der Waals surface area (Å²) in [5.41, 5.74) is 0.990.